The number of halogens is 1. The van der Waals surface area contributed by atoms with Crippen molar-refractivity contribution in [3.8, 4) is 5.88 Å². The Kier molecular flexibility index (Phi) is 3.57. The van der Waals surface area contributed by atoms with E-state index in [0.717, 1.165) is 10.0 Å². The van der Waals surface area contributed by atoms with Crippen molar-refractivity contribution in [1.82, 2.24) is 4.98 Å². The molecule has 82 valence electrons. The van der Waals surface area contributed by atoms with Crippen LogP contribution in [0.25, 0.3) is 0 Å². The van der Waals surface area contributed by atoms with Gasteiger partial charge in [0.25, 0.3) is 0 Å². The van der Waals surface area contributed by atoms with Gasteiger partial charge in [0.1, 0.15) is 6.10 Å². The molecule has 1 atom stereocenters. The van der Waals surface area contributed by atoms with Crippen LogP contribution in [0.4, 0.5) is 0 Å². The topological polar surface area (TPSA) is 22.1 Å². The summed E-state index contributed by atoms with van der Waals surface area (Å²) in [5, 5.41) is 0. The average Bonchev–Trinajstić information content (AvgIpc) is 2.33. The fraction of sp³-hybridized carbons (Fsp3) is 0.154. The van der Waals surface area contributed by atoms with Crippen molar-refractivity contribution in [3.63, 3.8) is 0 Å². The fourth-order valence-corrected chi connectivity index (χ4v) is 1.77. The van der Waals surface area contributed by atoms with Crippen LogP contribution in [0, 0.1) is 0 Å². The minimum absolute atomic E-state index is 0.00704. The van der Waals surface area contributed by atoms with Gasteiger partial charge in [0.15, 0.2) is 0 Å². The molecule has 2 nitrogen and oxygen atoms in total. The second-order valence-electron chi connectivity index (χ2n) is 3.46. The molecular formula is C13H12BrNO. The zero-order valence-corrected chi connectivity index (χ0v) is 10.5. The Balaban J connectivity index is 2.14. The van der Waals surface area contributed by atoms with Gasteiger partial charge in [0, 0.05) is 6.20 Å². The van der Waals surface area contributed by atoms with Crippen molar-refractivity contribution >= 4 is 15.9 Å². The Morgan fingerprint density at radius 3 is 2.56 bits per heavy atom. The van der Waals surface area contributed by atoms with Crippen LogP contribution in [-0.2, 0) is 0 Å². The maximum absolute atomic E-state index is 5.77. The molecule has 2 aromatic rings. The molecule has 1 aromatic carbocycles. The van der Waals surface area contributed by atoms with E-state index in [9.17, 15) is 0 Å². The number of hydrogen-bond donors (Lipinski definition) is 0. The van der Waals surface area contributed by atoms with Gasteiger partial charge < -0.3 is 4.74 Å². The number of benzene rings is 1. The van der Waals surface area contributed by atoms with Crippen LogP contribution in [-0.4, -0.2) is 4.98 Å². The predicted octanol–water partition coefficient (Wildman–Crippen LogP) is 3.98. The highest BCUT2D eigenvalue weighted by Crippen LogP contribution is 2.26. The summed E-state index contributed by atoms with van der Waals surface area (Å²) < 4.78 is 6.65. The molecule has 3 heteroatoms. The number of hydrogen-bond acceptors (Lipinski definition) is 2. The molecule has 0 N–H and O–H groups in total. The molecule has 0 amide bonds. The van der Waals surface area contributed by atoms with E-state index in [1.165, 1.54) is 0 Å². The first-order valence-corrected chi connectivity index (χ1v) is 5.89. The van der Waals surface area contributed by atoms with E-state index in [1.54, 1.807) is 6.20 Å². The van der Waals surface area contributed by atoms with Crippen molar-refractivity contribution in [1.29, 1.82) is 0 Å². The molecular weight excluding hydrogens is 266 g/mol. The highest BCUT2D eigenvalue weighted by molar-refractivity contribution is 9.10. The summed E-state index contributed by atoms with van der Waals surface area (Å²) in [4.78, 5) is 4.17. The third-order valence-corrected chi connectivity index (χ3v) is 2.89. The minimum Gasteiger partial charge on any atom is -0.469 e. The summed E-state index contributed by atoms with van der Waals surface area (Å²) >= 11 is 3.41. The van der Waals surface area contributed by atoms with Gasteiger partial charge in [-0.1, -0.05) is 30.3 Å². The van der Waals surface area contributed by atoms with Crippen LogP contribution in [0.15, 0.2) is 53.1 Å². The number of rotatable bonds is 3. The summed E-state index contributed by atoms with van der Waals surface area (Å²) in [7, 11) is 0. The van der Waals surface area contributed by atoms with E-state index < -0.39 is 0 Å². The Bertz CT molecular complexity index is 458. The molecule has 1 unspecified atom stereocenters. The summed E-state index contributed by atoms with van der Waals surface area (Å²) in [5.41, 5.74) is 1.14. The van der Waals surface area contributed by atoms with Gasteiger partial charge in [-0.15, -0.1) is 0 Å². The van der Waals surface area contributed by atoms with E-state index in [2.05, 4.69) is 20.9 Å². The Hall–Kier alpha value is -1.35. The zero-order valence-electron chi connectivity index (χ0n) is 8.93. The molecule has 16 heavy (non-hydrogen) atoms. The van der Waals surface area contributed by atoms with E-state index in [1.807, 2.05) is 49.4 Å². The summed E-state index contributed by atoms with van der Waals surface area (Å²) in [6.07, 6.45) is 1.71. The van der Waals surface area contributed by atoms with Crippen molar-refractivity contribution in [2.24, 2.45) is 0 Å². The molecule has 0 aliphatic rings. The molecule has 1 aromatic heterocycles. The van der Waals surface area contributed by atoms with E-state index in [0.29, 0.717) is 5.88 Å². The maximum Gasteiger partial charge on any atom is 0.228 e. The lowest BCUT2D eigenvalue weighted by Gasteiger charge is -2.14. The second kappa shape index (κ2) is 5.12. The first kappa shape index (κ1) is 11.1. The Labute approximate surface area is 103 Å². The van der Waals surface area contributed by atoms with E-state index >= 15 is 0 Å². The maximum atomic E-state index is 5.77. The smallest absolute Gasteiger partial charge is 0.228 e. The SMILES string of the molecule is CC(Oc1ncccc1Br)c1ccccc1. The van der Waals surface area contributed by atoms with Crippen molar-refractivity contribution in [2.75, 3.05) is 0 Å². The number of pyridine rings is 1. The highest BCUT2D eigenvalue weighted by Gasteiger charge is 2.09. The Morgan fingerprint density at radius 2 is 1.88 bits per heavy atom. The summed E-state index contributed by atoms with van der Waals surface area (Å²) in [5.74, 6) is 0.624. The molecule has 0 bridgehead atoms. The normalized spacial score (nSPS) is 12.1. The second-order valence-corrected chi connectivity index (χ2v) is 4.32. The van der Waals surface area contributed by atoms with Gasteiger partial charge in [-0.25, -0.2) is 4.98 Å². The van der Waals surface area contributed by atoms with Gasteiger partial charge in [-0.05, 0) is 40.5 Å². The third kappa shape index (κ3) is 2.61. The lowest BCUT2D eigenvalue weighted by molar-refractivity contribution is 0.216. The van der Waals surface area contributed by atoms with E-state index in [-0.39, 0.29) is 6.10 Å². The monoisotopic (exact) mass is 277 g/mol. The first-order chi connectivity index (χ1) is 7.77. The minimum atomic E-state index is -0.00704. The van der Waals surface area contributed by atoms with Crippen LogP contribution < -0.4 is 4.74 Å². The summed E-state index contributed by atoms with van der Waals surface area (Å²) in [6.45, 7) is 2.01. The van der Waals surface area contributed by atoms with Crippen molar-refractivity contribution in [3.05, 3.63) is 58.7 Å². The van der Waals surface area contributed by atoms with Gasteiger partial charge in [0.05, 0.1) is 4.47 Å². The van der Waals surface area contributed by atoms with Crippen molar-refractivity contribution < 1.29 is 4.74 Å². The number of ether oxygens (including phenoxy) is 1. The third-order valence-electron chi connectivity index (χ3n) is 2.28. The lowest BCUT2D eigenvalue weighted by Crippen LogP contribution is -2.04. The summed E-state index contributed by atoms with van der Waals surface area (Å²) in [6, 6.07) is 13.9. The highest BCUT2D eigenvalue weighted by atomic mass is 79.9. The lowest BCUT2D eigenvalue weighted by atomic mass is 10.1. The van der Waals surface area contributed by atoms with Crippen LogP contribution >= 0.6 is 15.9 Å². The van der Waals surface area contributed by atoms with Gasteiger partial charge >= 0.3 is 0 Å². The standard InChI is InChI=1S/C13H12BrNO/c1-10(11-6-3-2-4-7-11)16-13-12(14)8-5-9-15-13/h2-10H,1H3. The van der Waals surface area contributed by atoms with E-state index in [4.69, 9.17) is 4.74 Å². The van der Waals surface area contributed by atoms with Gasteiger partial charge in [0.2, 0.25) is 5.88 Å². The molecule has 1 heterocycles. The zero-order chi connectivity index (χ0) is 11.4. The molecule has 0 saturated carbocycles. The quantitative estimate of drug-likeness (QED) is 0.847. The Morgan fingerprint density at radius 1 is 1.12 bits per heavy atom. The van der Waals surface area contributed by atoms with Crippen molar-refractivity contribution in [2.45, 2.75) is 13.0 Å². The molecule has 2 rings (SSSR count). The van der Waals surface area contributed by atoms with Crippen LogP contribution in [0.1, 0.15) is 18.6 Å². The average molecular weight is 278 g/mol. The largest absolute Gasteiger partial charge is 0.469 e. The van der Waals surface area contributed by atoms with Gasteiger partial charge in [-0.3, -0.25) is 0 Å². The number of aromatic nitrogens is 1. The molecule has 0 spiro atoms. The van der Waals surface area contributed by atoms with Crippen LogP contribution in [0.2, 0.25) is 0 Å². The fourth-order valence-electron chi connectivity index (χ4n) is 1.42. The van der Waals surface area contributed by atoms with Crippen LogP contribution in [0.5, 0.6) is 5.88 Å². The molecule has 0 aliphatic heterocycles. The van der Waals surface area contributed by atoms with Crippen LogP contribution in [0.3, 0.4) is 0 Å². The molecule has 0 fully saturated rings. The predicted molar refractivity (Wildman–Crippen MR) is 67.4 cm³/mol. The molecule has 0 aliphatic carbocycles. The molecule has 0 saturated heterocycles. The number of nitrogens with zero attached hydrogens (tertiary/aromatic N) is 1. The first-order valence-electron chi connectivity index (χ1n) is 5.09. The molecule has 0 radical (unpaired) electrons. The van der Waals surface area contributed by atoms with Gasteiger partial charge in [-0.2, -0.15) is 0 Å².